The van der Waals surface area contributed by atoms with Crippen molar-refractivity contribution in [3.63, 3.8) is 0 Å². The molecule has 0 unspecified atom stereocenters. The highest BCUT2D eigenvalue weighted by Crippen LogP contribution is 2.22. The van der Waals surface area contributed by atoms with Crippen molar-refractivity contribution < 1.29 is 10.1 Å². The minimum atomic E-state index is -0.201. The lowest BCUT2D eigenvalue weighted by Crippen LogP contribution is -2.92. The molecule has 0 aliphatic heterocycles. The van der Waals surface area contributed by atoms with Crippen molar-refractivity contribution in [1.29, 1.82) is 0 Å². The van der Waals surface area contributed by atoms with E-state index in [1.54, 1.807) is 11.3 Å². The van der Waals surface area contributed by atoms with Crippen LogP contribution in [0.1, 0.15) is 29.0 Å². The first-order valence-electron chi connectivity index (χ1n) is 8.44. The monoisotopic (exact) mass is 351 g/mol. The summed E-state index contributed by atoms with van der Waals surface area (Å²) >= 11 is 1.72. The lowest BCUT2D eigenvalue weighted by atomic mass is 10.0. The Morgan fingerprint density at radius 1 is 1.04 bits per heavy atom. The molecule has 3 nitrogen and oxygen atoms in total. The molecule has 0 aliphatic rings. The second-order valence-corrected chi connectivity index (χ2v) is 7.22. The van der Waals surface area contributed by atoms with E-state index in [9.17, 15) is 4.79 Å². The van der Waals surface area contributed by atoms with Crippen LogP contribution in [0.2, 0.25) is 0 Å². The van der Waals surface area contributed by atoms with Gasteiger partial charge in [-0.25, -0.2) is 0 Å². The molecule has 0 saturated heterocycles. The fourth-order valence-corrected chi connectivity index (χ4v) is 3.69. The second kappa shape index (κ2) is 8.10. The maximum Gasteiger partial charge on any atom is 0.282 e. The zero-order chi connectivity index (χ0) is 17.6. The Morgan fingerprint density at radius 2 is 1.84 bits per heavy atom. The molecule has 25 heavy (non-hydrogen) atoms. The first-order valence-corrected chi connectivity index (χ1v) is 9.32. The van der Waals surface area contributed by atoms with Crippen LogP contribution in [-0.2, 0) is 4.79 Å². The van der Waals surface area contributed by atoms with Crippen molar-refractivity contribution in [3.8, 4) is 0 Å². The summed E-state index contributed by atoms with van der Waals surface area (Å²) in [4.78, 5) is 13.9. The summed E-state index contributed by atoms with van der Waals surface area (Å²) in [5, 5.41) is 7.23. The van der Waals surface area contributed by atoms with Crippen LogP contribution in [0.5, 0.6) is 0 Å². The number of nitrogens with two attached hydrogens (primary N) is 1. The van der Waals surface area contributed by atoms with Crippen LogP contribution < -0.4 is 10.6 Å². The van der Waals surface area contributed by atoms with E-state index in [0.717, 1.165) is 11.3 Å². The largest absolute Gasteiger partial charge is 0.326 e. The number of rotatable bonds is 6. The van der Waals surface area contributed by atoms with Gasteiger partial charge in [-0.3, -0.25) is 4.79 Å². The number of amides is 1. The van der Waals surface area contributed by atoms with Crippen LogP contribution in [0.15, 0.2) is 72.1 Å². The molecule has 0 aliphatic carbocycles. The number of anilines is 1. The van der Waals surface area contributed by atoms with Gasteiger partial charge in [-0.2, -0.15) is 0 Å². The fourth-order valence-electron chi connectivity index (χ4n) is 2.85. The molecular formula is C21H23N2OS+. The van der Waals surface area contributed by atoms with Crippen LogP contribution in [0.3, 0.4) is 0 Å². The van der Waals surface area contributed by atoms with Crippen LogP contribution in [0.4, 0.5) is 5.69 Å². The van der Waals surface area contributed by atoms with Gasteiger partial charge >= 0.3 is 0 Å². The third-order valence-corrected chi connectivity index (χ3v) is 5.14. The topological polar surface area (TPSA) is 45.7 Å². The Labute approximate surface area is 152 Å². The van der Waals surface area contributed by atoms with Gasteiger partial charge < -0.3 is 10.6 Å². The zero-order valence-corrected chi connectivity index (χ0v) is 15.3. The van der Waals surface area contributed by atoms with Gasteiger partial charge in [-0.15, -0.1) is 11.3 Å². The molecule has 4 heteroatoms. The number of hydrogen-bond donors (Lipinski definition) is 2. The van der Waals surface area contributed by atoms with E-state index < -0.39 is 0 Å². The normalized spacial score (nSPS) is 13.2. The number of quaternary nitrogens is 1. The van der Waals surface area contributed by atoms with Gasteiger partial charge in [0.25, 0.3) is 5.91 Å². The van der Waals surface area contributed by atoms with Gasteiger partial charge in [-0.1, -0.05) is 48.5 Å². The summed E-state index contributed by atoms with van der Waals surface area (Å²) in [5.74, 6) is 0.0167. The lowest BCUT2D eigenvalue weighted by molar-refractivity contribution is -0.703. The van der Waals surface area contributed by atoms with Crippen molar-refractivity contribution >= 4 is 22.9 Å². The summed E-state index contributed by atoms with van der Waals surface area (Å²) in [7, 11) is 0. The summed E-state index contributed by atoms with van der Waals surface area (Å²) in [5.41, 5.74) is 3.19. The van der Waals surface area contributed by atoms with Crippen LogP contribution in [0.25, 0.3) is 0 Å². The quantitative estimate of drug-likeness (QED) is 0.698. The van der Waals surface area contributed by atoms with Crippen molar-refractivity contribution in [2.45, 2.75) is 25.9 Å². The summed E-state index contributed by atoms with van der Waals surface area (Å²) in [6.45, 7) is 3.97. The zero-order valence-electron chi connectivity index (χ0n) is 14.5. The molecule has 3 rings (SSSR count). The molecule has 3 N–H and O–H groups in total. The Balaban J connectivity index is 1.74. The molecule has 0 saturated carbocycles. The molecule has 1 aromatic heterocycles. The Bertz CT molecular complexity index is 815. The molecule has 0 bridgehead atoms. The third kappa shape index (κ3) is 4.56. The van der Waals surface area contributed by atoms with E-state index in [4.69, 9.17) is 0 Å². The molecule has 2 aromatic carbocycles. The van der Waals surface area contributed by atoms with E-state index in [1.807, 2.05) is 56.3 Å². The maximum atomic E-state index is 12.6. The van der Waals surface area contributed by atoms with Gasteiger partial charge in [0.15, 0.2) is 6.04 Å². The Kier molecular flexibility index (Phi) is 5.64. The SMILES string of the molecule is Cc1cccc(NC(=O)[C@H](C)[NH2+][C@H](c2ccccc2)c2cccs2)c1. The van der Waals surface area contributed by atoms with Gasteiger partial charge in [0, 0.05) is 11.3 Å². The third-order valence-electron chi connectivity index (χ3n) is 4.19. The van der Waals surface area contributed by atoms with Crippen molar-refractivity contribution in [2.24, 2.45) is 0 Å². The van der Waals surface area contributed by atoms with E-state index in [0.29, 0.717) is 0 Å². The standard InChI is InChI=1S/C21H22N2OS/c1-15-8-6-11-18(14-15)23-21(24)16(2)22-20(19-12-7-13-25-19)17-9-4-3-5-10-17/h3-14,16,20,22H,1-2H3,(H,23,24)/p+1/t16-,20+/m0/s1. The smallest absolute Gasteiger partial charge is 0.282 e. The number of hydrogen-bond acceptors (Lipinski definition) is 2. The molecule has 0 spiro atoms. The fraction of sp³-hybridized carbons (Fsp3) is 0.190. The molecule has 3 aromatic rings. The summed E-state index contributed by atoms with van der Waals surface area (Å²) in [6.07, 6.45) is 0. The first-order chi connectivity index (χ1) is 12.1. The van der Waals surface area contributed by atoms with Crippen molar-refractivity contribution in [1.82, 2.24) is 0 Å². The molecule has 2 atom stereocenters. The highest BCUT2D eigenvalue weighted by molar-refractivity contribution is 7.10. The van der Waals surface area contributed by atoms with Crippen LogP contribution in [0, 0.1) is 6.92 Å². The average molecular weight is 351 g/mol. The van der Waals surface area contributed by atoms with Crippen LogP contribution in [-0.4, -0.2) is 11.9 Å². The average Bonchev–Trinajstić information content (AvgIpc) is 3.14. The van der Waals surface area contributed by atoms with Crippen molar-refractivity contribution in [3.05, 3.63) is 88.1 Å². The number of carbonyl (C=O) groups is 1. The van der Waals surface area contributed by atoms with Crippen molar-refractivity contribution in [2.75, 3.05) is 5.32 Å². The molecular weight excluding hydrogens is 328 g/mol. The lowest BCUT2D eigenvalue weighted by Gasteiger charge is -2.19. The number of aryl methyl sites for hydroxylation is 1. The molecule has 0 radical (unpaired) electrons. The highest BCUT2D eigenvalue weighted by atomic mass is 32.1. The number of benzene rings is 2. The van der Waals surface area contributed by atoms with Gasteiger partial charge in [0.2, 0.25) is 0 Å². The predicted molar refractivity (Wildman–Crippen MR) is 104 cm³/mol. The minimum absolute atomic E-state index is 0.0167. The predicted octanol–water partition coefficient (Wildman–Crippen LogP) is 3.74. The van der Waals surface area contributed by atoms with Gasteiger partial charge in [-0.05, 0) is 43.0 Å². The molecule has 1 heterocycles. The summed E-state index contributed by atoms with van der Waals surface area (Å²) in [6, 6.07) is 22.3. The second-order valence-electron chi connectivity index (χ2n) is 6.24. The molecule has 0 fully saturated rings. The number of nitrogens with one attached hydrogen (secondary N) is 1. The minimum Gasteiger partial charge on any atom is -0.326 e. The van der Waals surface area contributed by atoms with Gasteiger partial charge in [0.1, 0.15) is 6.04 Å². The highest BCUT2D eigenvalue weighted by Gasteiger charge is 2.25. The molecule has 1 amide bonds. The van der Waals surface area contributed by atoms with E-state index in [-0.39, 0.29) is 18.0 Å². The first kappa shape index (κ1) is 17.4. The van der Waals surface area contributed by atoms with E-state index in [1.165, 1.54) is 10.4 Å². The maximum absolute atomic E-state index is 12.6. The number of carbonyl (C=O) groups excluding carboxylic acids is 1. The molecule has 128 valence electrons. The Morgan fingerprint density at radius 3 is 2.52 bits per heavy atom. The number of thiophene rings is 1. The Hall–Kier alpha value is -2.43. The van der Waals surface area contributed by atoms with Crippen LogP contribution >= 0.6 is 11.3 Å². The van der Waals surface area contributed by atoms with E-state index in [2.05, 4.69) is 40.3 Å². The summed E-state index contributed by atoms with van der Waals surface area (Å²) < 4.78 is 0. The van der Waals surface area contributed by atoms with Gasteiger partial charge in [0.05, 0.1) is 4.88 Å². The van der Waals surface area contributed by atoms with E-state index >= 15 is 0 Å².